The molecule has 1 saturated heterocycles. The fourth-order valence-corrected chi connectivity index (χ4v) is 4.13. The zero-order valence-electron chi connectivity index (χ0n) is 11.8. The number of carbonyl (C=O) groups excluding carboxylic acids is 1. The molecule has 1 aliphatic rings. The molecule has 1 aromatic heterocycles. The first-order valence-electron chi connectivity index (χ1n) is 6.49. The number of rotatable bonds is 3. The third-order valence-electron chi connectivity index (χ3n) is 3.18. The van der Waals surface area contributed by atoms with Crippen LogP contribution in [0.3, 0.4) is 0 Å². The van der Waals surface area contributed by atoms with Crippen molar-refractivity contribution in [3.63, 3.8) is 0 Å². The molecule has 4 nitrogen and oxygen atoms in total. The molecule has 1 atom stereocenters. The first kappa shape index (κ1) is 17.7. The predicted molar refractivity (Wildman–Crippen MR) is 100 cm³/mol. The van der Waals surface area contributed by atoms with Gasteiger partial charge >= 0.3 is 0 Å². The molecule has 1 aliphatic heterocycles. The van der Waals surface area contributed by atoms with Gasteiger partial charge in [-0.05, 0) is 19.1 Å². The molecule has 3 rings (SSSR count). The van der Waals surface area contributed by atoms with E-state index < -0.39 is 0 Å². The molecule has 0 radical (unpaired) electrons. The van der Waals surface area contributed by atoms with Crippen molar-refractivity contribution < 1.29 is 4.79 Å². The van der Waals surface area contributed by atoms with Gasteiger partial charge in [-0.15, -0.1) is 35.5 Å². The molecule has 1 fully saturated rings. The van der Waals surface area contributed by atoms with Crippen LogP contribution in [0.4, 0.5) is 5.13 Å². The summed E-state index contributed by atoms with van der Waals surface area (Å²) in [5, 5.41) is 6.73. The van der Waals surface area contributed by atoms with Crippen LogP contribution < -0.4 is 10.6 Å². The summed E-state index contributed by atoms with van der Waals surface area (Å²) in [5.41, 5.74) is 1.98. The molecule has 118 valence electrons. The number of thioether (sulfide) groups is 1. The van der Waals surface area contributed by atoms with Gasteiger partial charge in [0.05, 0.1) is 11.7 Å². The average Bonchev–Trinajstić information content (AvgIpc) is 3.10. The summed E-state index contributed by atoms with van der Waals surface area (Å²) in [7, 11) is 0. The maximum atomic E-state index is 12.1. The molecule has 1 aromatic carbocycles. The van der Waals surface area contributed by atoms with E-state index in [-0.39, 0.29) is 24.4 Å². The SMILES string of the molecule is Cc1sc(NC(=O)C2CSCN2)nc1-c1ccc(Br)cc1.Cl. The lowest BCUT2D eigenvalue weighted by molar-refractivity contribution is -0.117. The second kappa shape index (κ2) is 7.79. The minimum atomic E-state index is -0.115. The number of aromatic nitrogens is 1. The van der Waals surface area contributed by atoms with Gasteiger partial charge in [0, 0.05) is 26.5 Å². The Hall–Kier alpha value is -0.600. The largest absolute Gasteiger partial charge is 0.301 e. The highest BCUT2D eigenvalue weighted by molar-refractivity contribution is 9.10. The van der Waals surface area contributed by atoms with Crippen LogP contribution in [0.25, 0.3) is 11.3 Å². The van der Waals surface area contributed by atoms with E-state index in [2.05, 4.69) is 31.5 Å². The van der Waals surface area contributed by atoms with Crippen molar-refractivity contribution in [2.75, 3.05) is 16.9 Å². The molecule has 2 N–H and O–H groups in total. The van der Waals surface area contributed by atoms with Crippen LogP contribution in [-0.4, -0.2) is 28.6 Å². The highest BCUT2D eigenvalue weighted by Gasteiger charge is 2.23. The molecule has 1 amide bonds. The number of hydrogen-bond donors (Lipinski definition) is 2. The summed E-state index contributed by atoms with van der Waals surface area (Å²) in [5.74, 6) is 1.64. The number of thiazole rings is 1. The van der Waals surface area contributed by atoms with Gasteiger partial charge in [-0.1, -0.05) is 28.1 Å². The van der Waals surface area contributed by atoms with Crippen molar-refractivity contribution in [1.82, 2.24) is 10.3 Å². The van der Waals surface area contributed by atoms with Gasteiger partial charge in [0.1, 0.15) is 0 Å². The summed E-state index contributed by atoms with van der Waals surface area (Å²) >= 11 is 6.67. The van der Waals surface area contributed by atoms with E-state index in [0.717, 1.165) is 32.2 Å². The highest BCUT2D eigenvalue weighted by atomic mass is 79.9. The van der Waals surface area contributed by atoms with Crippen LogP contribution in [0, 0.1) is 6.92 Å². The van der Waals surface area contributed by atoms with Gasteiger partial charge in [0.15, 0.2) is 5.13 Å². The molecular formula is C14H15BrClN3OS2. The van der Waals surface area contributed by atoms with E-state index in [1.165, 1.54) is 11.3 Å². The number of carbonyl (C=O) groups is 1. The normalized spacial score (nSPS) is 17.1. The topological polar surface area (TPSA) is 54.0 Å². The Balaban J connectivity index is 0.00000176. The quantitative estimate of drug-likeness (QED) is 0.790. The molecule has 0 bridgehead atoms. The van der Waals surface area contributed by atoms with Crippen LogP contribution in [-0.2, 0) is 4.79 Å². The minimum absolute atomic E-state index is 0. The van der Waals surface area contributed by atoms with E-state index in [1.54, 1.807) is 11.8 Å². The summed E-state index contributed by atoms with van der Waals surface area (Å²) in [6, 6.07) is 7.91. The average molecular weight is 421 g/mol. The number of amides is 1. The van der Waals surface area contributed by atoms with E-state index >= 15 is 0 Å². The lowest BCUT2D eigenvalue weighted by Gasteiger charge is -2.07. The highest BCUT2D eigenvalue weighted by Crippen LogP contribution is 2.31. The Morgan fingerprint density at radius 3 is 2.77 bits per heavy atom. The number of anilines is 1. The second-order valence-corrected chi connectivity index (χ2v) is 7.84. The first-order chi connectivity index (χ1) is 10.1. The molecule has 0 aliphatic carbocycles. The molecular weight excluding hydrogens is 406 g/mol. The summed E-state index contributed by atoms with van der Waals surface area (Å²) in [4.78, 5) is 17.7. The van der Waals surface area contributed by atoms with Crippen molar-refractivity contribution in [2.24, 2.45) is 0 Å². The number of benzene rings is 1. The summed E-state index contributed by atoms with van der Waals surface area (Å²) < 4.78 is 1.04. The maximum Gasteiger partial charge on any atom is 0.244 e. The van der Waals surface area contributed by atoms with Crippen LogP contribution in [0.15, 0.2) is 28.7 Å². The lowest BCUT2D eigenvalue weighted by atomic mass is 10.1. The smallest absolute Gasteiger partial charge is 0.244 e. The van der Waals surface area contributed by atoms with Crippen LogP contribution in [0.2, 0.25) is 0 Å². The molecule has 2 heterocycles. The number of aryl methyl sites for hydroxylation is 1. The Morgan fingerprint density at radius 2 is 2.14 bits per heavy atom. The minimum Gasteiger partial charge on any atom is -0.301 e. The molecule has 8 heteroatoms. The summed E-state index contributed by atoms with van der Waals surface area (Å²) in [6.07, 6.45) is 0. The van der Waals surface area contributed by atoms with Crippen LogP contribution in [0.1, 0.15) is 4.88 Å². The summed E-state index contributed by atoms with van der Waals surface area (Å²) in [6.45, 7) is 2.02. The van der Waals surface area contributed by atoms with E-state index in [1.807, 2.05) is 31.2 Å². The monoisotopic (exact) mass is 419 g/mol. The third kappa shape index (κ3) is 4.02. The molecule has 0 saturated carbocycles. The van der Waals surface area contributed by atoms with Gasteiger partial charge < -0.3 is 5.32 Å². The number of hydrogen-bond acceptors (Lipinski definition) is 5. The Morgan fingerprint density at radius 1 is 1.41 bits per heavy atom. The predicted octanol–water partition coefficient (Wildman–Crippen LogP) is 3.90. The Labute approximate surface area is 152 Å². The Bertz CT molecular complexity index is 657. The molecule has 1 unspecified atom stereocenters. The van der Waals surface area contributed by atoms with Gasteiger partial charge in [0.25, 0.3) is 0 Å². The van der Waals surface area contributed by atoms with Crippen molar-refractivity contribution >= 4 is 62.5 Å². The zero-order valence-corrected chi connectivity index (χ0v) is 15.8. The van der Waals surface area contributed by atoms with E-state index in [0.29, 0.717) is 5.13 Å². The number of nitrogens with one attached hydrogen (secondary N) is 2. The van der Waals surface area contributed by atoms with Crippen molar-refractivity contribution in [1.29, 1.82) is 0 Å². The van der Waals surface area contributed by atoms with Gasteiger partial charge in [0.2, 0.25) is 5.91 Å². The van der Waals surface area contributed by atoms with Crippen molar-refractivity contribution in [3.05, 3.63) is 33.6 Å². The van der Waals surface area contributed by atoms with Gasteiger partial charge in [-0.25, -0.2) is 4.98 Å². The third-order valence-corrected chi connectivity index (χ3v) is 5.53. The lowest BCUT2D eigenvalue weighted by Crippen LogP contribution is -2.37. The molecule has 22 heavy (non-hydrogen) atoms. The van der Waals surface area contributed by atoms with Crippen molar-refractivity contribution in [2.45, 2.75) is 13.0 Å². The van der Waals surface area contributed by atoms with E-state index in [9.17, 15) is 4.79 Å². The fourth-order valence-electron chi connectivity index (χ4n) is 2.08. The maximum absolute atomic E-state index is 12.1. The molecule has 0 spiro atoms. The first-order valence-corrected chi connectivity index (χ1v) is 9.25. The standard InChI is InChI=1S/C14H14BrN3OS2.ClH/c1-8-12(9-2-4-10(15)5-3-9)17-14(21-8)18-13(19)11-6-20-7-16-11;/h2-5,11,16H,6-7H2,1H3,(H,17,18,19);1H. The van der Waals surface area contributed by atoms with Crippen LogP contribution >= 0.6 is 51.4 Å². The second-order valence-electron chi connectivity index (χ2n) is 4.69. The van der Waals surface area contributed by atoms with Crippen LogP contribution in [0.5, 0.6) is 0 Å². The Kier molecular flexibility index (Phi) is 6.28. The van der Waals surface area contributed by atoms with Gasteiger partial charge in [-0.2, -0.15) is 0 Å². The number of nitrogens with zero attached hydrogens (tertiary/aromatic N) is 1. The van der Waals surface area contributed by atoms with E-state index in [4.69, 9.17) is 0 Å². The van der Waals surface area contributed by atoms with Gasteiger partial charge in [-0.3, -0.25) is 10.1 Å². The zero-order chi connectivity index (χ0) is 14.8. The molecule has 2 aromatic rings. The van der Waals surface area contributed by atoms with Crippen molar-refractivity contribution in [3.8, 4) is 11.3 Å². The number of halogens is 2. The fraction of sp³-hybridized carbons (Fsp3) is 0.286.